The molecule has 3 rings (SSSR count). The van der Waals surface area contributed by atoms with Crippen molar-refractivity contribution in [1.29, 1.82) is 0 Å². The number of phenolic OH excluding ortho intramolecular Hbond substituents is 2. The number of benzene rings is 3. The Balaban J connectivity index is 1.60. The Kier molecular flexibility index (Phi) is 6.14. The molecular formula is C23H22N2O4. The molecule has 3 aromatic carbocycles. The van der Waals surface area contributed by atoms with Gasteiger partial charge in [-0.2, -0.15) is 0 Å². The molecule has 0 fully saturated rings. The number of hydrogen-bond acceptors (Lipinski definition) is 4. The van der Waals surface area contributed by atoms with E-state index in [-0.39, 0.29) is 23.3 Å². The van der Waals surface area contributed by atoms with Gasteiger partial charge in [0.2, 0.25) is 0 Å². The van der Waals surface area contributed by atoms with Gasteiger partial charge in [-0.1, -0.05) is 48.5 Å². The van der Waals surface area contributed by atoms with Gasteiger partial charge in [-0.05, 0) is 43.2 Å². The van der Waals surface area contributed by atoms with Crippen LogP contribution in [0.15, 0.2) is 72.8 Å². The van der Waals surface area contributed by atoms with E-state index < -0.39 is 6.03 Å². The van der Waals surface area contributed by atoms with Crippen LogP contribution in [-0.2, 0) is 6.42 Å². The van der Waals surface area contributed by atoms with Crippen LogP contribution in [0.25, 0.3) is 0 Å². The summed E-state index contributed by atoms with van der Waals surface area (Å²) in [6.07, 6.45) is 0.480. The highest BCUT2D eigenvalue weighted by molar-refractivity contribution is 6.09. The minimum Gasteiger partial charge on any atom is -0.504 e. The number of carbonyl (C=O) groups excluding carboxylic acids is 2. The summed E-state index contributed by atoms with van der Waals surface area (Å²) in [5.41, 5.74) is 2.36. The Morgan fingerprint density at radius 1 is 0.862 bits per heavy atom. The van der Waals surface area contributed by atoms with Crippen LogP contribution in [0.5, 0.6) is 11.5 Å². The fraction of sp³-hybridized carbons (Fsp3) is 0.130. The van der Waals surface area contributed by atoms with E-state index in [1.165, 1.54) is 12.1 Å². The number of rotatable bonds is 6. The van der Waals surface area contributed by atoms with Gasteiger partial charge in [0.25, 0.3) is 0 Å². The molecule has 0 spiro atoms. The van der Waals surface area contributed by atoms with Gasteiger partial charge in [0.05, 0.1) is 0 Å². The standard InChI is InChI=1S/C23H22N2O4/c1-15(12-16-10-11-20(26)21(27)13-16)24-23(29)25-19-9-5-8-18(14-19)22(28)17-6-3-2-4-7-17/h2-11,13-15,26-27H,12H2,1H3,(H2,24,25,29)/t15-/m1/s1. The summed E-state index contributed by atoms with van der Waals surface area (Å²) < 4.78 is 0. The molecule has 148 valence electrons. The minimum atomic E-state index is -0.398. The van der Waals surface area contributed by atoms with Crippen LogP contribution in [0.3, 0.4) is 0 Å². The second-order valence-electron chi connectivity index (χ2n) is 6.80. The van der Waals surface area contributed by atoms with E-state index in [9.17, 15) is 19.8 Å². The summed E-state index contributed by atoms with van der Waals surface area (Å²) in [5.74, 6) is -0.494. The molecule has 0 aliphatic heterocycles. The summed E-state index contributed by atoms with van der Waals surface area (Å²) in [7, 11) is 0. The van der Waals surface area contributed by atoms with Gasteiger partial charge >= 0.3 is 6.03 Å². The molecule has 4 N–H and O–H groups in total. The fourth-order valence-corrected chi connectivity index (χ4v) is 2.99. The molecular weight excluding hydrogens is 368 g/mol. The van der Waals surface area contributed by atoms with Crippen molar-refractivity contribution in [3.63, 3.8) is 0 Å². The van der Waals surface area contributed by atoms with Crippen molar-refractivity contribution in [2.24, 2.45) is 0 Å². The second-order valence-corrected chi connectivity index (χ2v) is 6.80. The van der Waals surface area contributed by atoms with Crippen molar-refractivity contribution < 1.29 is 19.8 Å². The molecule has 0 heterocycles. The first kappa shape index (κ1) is 19.9. The zero-order chi connectivity index (χ0) is 20.8. The van der Waals surface area contributed by atoms with Gasteiger partial charge in [0.15, 0.2) is 17.3 Å². The molecule has 3 aromatic rings. The first-order valence-electron chi connectivity index (χ1n) is 9.20. The number of urea groups is 1. The third-order valence-corrected chi connectivity index (χ3v) is 4.38. The van der Waals surface area contributed by atoms with Crippen molar-refractivity contribution in [1.82, 2.24) is 5.32 Å². The zero-order valence-corrected chi connectivity index (χ0v) is 15.9. The highest BCUT2D eigenvalue weighted by Crippen LogP contribution is 2.25. The lowest BCUT2D eigenvalue weighted by Crippen LogP contribution is -2.37. The summed E-state index contributed by atoms with van der Waals surface area (Å²) in [4.78, 5) is 24.8. The number of nitrogens with one attached hydrogen (secondary N) is 2. The third kappa shape index (κ3) is 5.35. The molecule has 0 radical (unpaired) electrons. The second kappa shape index (κ2) is 8.93. The van der Waals surface area contributed by atoms with Crippen molar-refractivity contribution in [2.45, 2.75) is 19.4 Å². The number of aromatic hydroxyl groups is 2. The Bertz CT molecular complexity index is 1020. The number of amides is 2. The van der Waals surface area contributed by atoms with E-state index in [1.54, 1.807) is 54.6 Å². The maximum Gasteiger partial charge on any atom is 0.319 e. The molecule has 6 heteroatoms. The van der Waals surface area contributed by atoms with E-state index in [0.717, 1.165) is 5.56 Å². The maximum absolute atomic E-state index is 12.6. The molecule has 2 amide bonds. The molecule has 0 aromatic heterocycles. The summed E-state index contributed by atoms with van der Waals surface area (Å²) >= 11 is 0. The zero-order valence-electron chi connectivity index (χ0n) is 15.9. The minimum absolute atomic E-state index is 0.116. The van der Waals surface area contributed by atoms with Crippen LogP contribution >= 0.6 is 0 Å². The number of ketones is 1. The Morgan fingerprint density at radius 3 is 2.31 bits per heavy atom. The first-order valence-corrected chi connectivity index (χ1v) is 9.20. The lowest BCUT2D eigenvalue weighted by molar-refractivity contribution is 0.103. The summed E-state index contributed by atoms with van der Waals surface area (Å²) in [5, 5.41) is 24.5. The predicted molar refractivity (Wildman–Crippen MR) is 111 cm³/mol. The lowest BCUT2D eigenvalue weighted by atomic mass is 10.0. The van der Waals surface area contributed by atoms with Gasteiger partial charge in [0.1, 0.15) is 0 Å². The largest absolute Gasteiger partial charge is 0.504 e. The Labute approximate surface area is 168 Å². The topological polar surface area (TPSA) is 98.7 Å². The van der Waals surface area contributed by atoms with Crippen molar-refractivity contribution in [2.75, 3.05) is 5.32 Å². The molecule has 0 saturated carbocycles. The van der Waals surface area contributed by atoms with Gasteiger partial charge in [-0.25, -0.2) is 4.79 Å². The lowest BCUT2D eigenvalue weighted by Gasteiger charge is -2.15. The highest BCUT2D eigenvalue weighted by Gasteiger charge is 2.12. The van der Waals surface area contributed by atoms with Gasteiger partial charge in [0, 0.05) is 22.9 Å². The molecule has 0 unspecified atom stereocenters. The SMILES string of the molecule is C[C@H](Cc1ccc(O)c(O)c1)NC(=O)Nc1cccc(C(=O)c2ccccc2)c1. The van der Waals surface area contributed by atoms with Crippen molar-refractivity contribution >= 4 is 17.5 Å². The maximum atomic E-state index is 12.6. The van der Waals surface area contributed by atoms with Crippen LogP contribution in [-0.4, -0.2) is 28.1 Å². The molecule has 0 aliphatic rings. The predicted octanol–water partition coefficient (Wildman–Crippen LogP) is 4.08. The van der Waals surface area contributed by atoms with E-state index in [0.29, 0.717) is 23.2 Å². The van der Waals surface area contributed by atoms with Crippen LogP contribution in [0.1, 0.15) is 28.4 Å². The van der Waals surface area contributed by atoms with Gasteiger partial charge in [-0.3, -0.25) is 4.79 Å². The average Bonchev–Trinajstić information content (AvgIpc) is 2.71. The van der Waals surface area contributed by atoms with Crippen molar-refractivity contribution in [3.05, 3.63) is 89.5 Å². The van der Waals surface area contributed by atoms with Crippen LogP contribution < -0.4 is 10.6 Å². The smallest absolute Gasteiger partial charge is 0.319 e. The first-order chi connectivity index (χ1) is 13.9. The fourth-order valence-electron chi connectivity index (χ4n) is 2.99. The van der Waals surface area contributed by atoms with Crippen LogP contribution in [0.2, 0.25) is 0 Å². The number of anilines is 1. The van der Waals surface area contributed by atoms with E-state index in [2.05, 4.69) is 10.6 Å². The Hall–Kier alpha value is -3.80. The molecule has 1 atom stereocenters. The van der Waals surface area contributed by atoms with Crippen LogP contribution in [0.4, 0.5) is 10.5 Å². The molecule has 29 heavy (non-hydrogen) atoms. The molecule has 0 saturated heterocycles. The van der Waals surface area contributed by atoms with Gasteiger partial charge in [-0.15, -0.1) is 0 Å². The number of phenols is 2. The van der Waals surface area contributed by atoms with E-state index >= 15 is 0 Å². The van der Waals surface area contributed by atoms with Gasteiger partial charge < -0.3 is 20.8 Å². The normalized spacial score (nSPS) is 11.5. The number of hydrogen-bond donors (Lipinski definition) is 4. The molecule has 0 aliphatic carbocycles. The monoisotopic (exact) mass is 390 g/mol. The molecule has 6 nitrogen and oxygen atoms in total. The van der Waals surface area contributed by atoms with Crippen LogP contribution in [0, 0.1) is 0 Å². The number of carbonyl (C=O) groups is 2. The quantitative estimate of drug-likeness (QED) is 0.376. The third-order valence-electron chi connectivity index (χ3n) is 4.38. The summed E-state index contributed by atoms with van der Waals surface area (Å²) in [6.45, 7) is 1.83. The van der Waals surface area contributed by atoms with Crippen molar-refractivity contribution in [3.8, 4) is 11.5 Å². The van der Waals surface area contributed by atoms with E-state index in [1.807, 2.05) is 13.0 Å². The highest BCUT2D eigenvalue weighted by atomic mass is 16.3. The molecule has 0 bridgehead atoms. The Morgan fingerprint density at radius 2 is 1.59 bits per heavy atom. The summed E-state index contributed by atoms with van der Waals surface area (Å²) in [6, 6.07) is 19.7. The van der Waals surface area contributed by atoms with E-state index in [4.69, 9.17) is 0 Å². The average molecular weight is 390 g/mol.